The molecule has 0 bridgehead atoms. The molecule has 0 unspecified atom stereocenters. The average molecular weight is 429 g/mol. The van der Waals surface area contributed by atoms with Gasteiger partial charge in [-0.15, -0.1) is 0 Å². The highest BCUT2D eigenvalue weighted by Gasteiger charge is 2.20. The first-order chi connectivity index (χ1) is 15.4. The van der Waals surface area contributed by atoms with E-state index in [1.807, 2.05) is 44.2 Å². The molecule has 0 aliphatic rings. The van der Waals surface area contributed by atoms with Crippen LogP contribution < -0.4 is 5.43 Å². The zero-order valence-electron chi connectivity index (χ0n) is 19.3. The fourth-order valence-corrected chi connectivity index (χ4v) is 3.69. The van der Waals surface area contributed by atoms with Crippen LogP contribution in [-0.4, -0.2) is 22.9 Å². The maximum atomic E-state index is 13.0. The van der Waals surface area contributed by atoms with Gasteiger partial charge in [0, 0.05) is 18.0 Å². The molecule has 32 heavy (non-hydrogen) atoms. The number of hydrazine groups is 1. The highest BCUT2D eigenvalue weighted by atomic mass is 16.2. The van der Waals surface area contributed by atoms with Crippen LogP contribution >= 0.6 is 0 Å². The van der Waals surface area contributed by atoms with Gasteiger partial charge in [-0.1, -0.05) is 80.6 Å². The molecule has 2 amide bonds. The van der Waals surface area contributed by atoms with E-state index in [2.05, 4.69) is 55.7 Å². The first-order valence-corrected chi connectivity index (χ1v) is 11.2. The predicted molar refractivity (Wildman–Crippen MR) is 130 cm³/mol. The highest BCUT2D eigenvalue weighted by molar-refractivity contribution is 5.95. The zero-order valence-corrected chi connectivity index (χ0v) is 19.3. The quantitative estimate of drug-likeness (QED) is 0.470. The van der Waals surface area contributed by atoms with Crippen molar-refractivity contribution in [2.45, 2.75) is 52.5 Å². The van der Waals surface area contributed by atoms with Crippen LogP contribution in [0, 0.1) is 0 Å². The van der Waals surface area contributed by atoms with Crippen molar-refractivity contribution in [3.05, 3.63) is 95.6 Å². The summed E-state index contributed by atoms with van der Waals surface area (Å²) < 4.78 is 0. The number of hydrogen-bond acceptors (Lipinski definition) is 2. The predicted octanol–water partition coefficient (Wildman–Crippen LogP) is 5.99. The second-order valence-corrected chi connectivity index (χ2v) is 8.60. The Bertz CT molecular complexity index is 1060. The van der Waals surface area contributed by atoms with E-state index in [0.717, 1.165) is 16.7 Å². The van der Waals surface area contributed by atoms with Gasteiger partial charge in [-0.2, -0.15) is 0 Å². The molecule has 4 nitrogen and oxygen atoms in total. The van der Waals surface area contributed by atoms with Gasteiger partial charge in [-0.3, -0.25) is 20.0 Å². The second-order valence-electron chi connectivity index (χ2n) is 8.60. The largest absolute Gasteiger partial charge is 0.273 e. The Labute approximate surface area is 191 Å². The summed E-state index contributed by atoms with van der Waals surface area (Å²) in [6.07, 6.45) is 0.916. The van der Waals surface area contributed by atoms with Crippen LogP contribution in [-0.2, 0) is 11.2 Å². The van der Waals surface area contributed by atoms with Crippen molar-refractivity contribution in [2.24, 2.45) is 0 Å². The third-order valence-electron chi connectivity index (χ3n) is 5.53. The fourth-order valence-electron chi connectivity index (χ4n) is 3.69. The molecule has 0 spiro atoms. The smallest absolute Gasteiger partial charge is 0.269 e. The van der Waals surface area contributed by atoms with Gasteiger partial charge in [0.25, 0.3) is 5.91 Å². The van der Waals surface area contributed by atoms with E-state index in [4.69, 9.17) is 0 Å². The number of nitrogens with one attached hydrogen (secondary N) is 1. The molecule has 166 valence electrons. The Morgan fingerprint density at radius 2 is 1.53 bits per heavy atom. The minimum Gasteiger partial charge on any atom is -0.273 e. The summed E-state index contributed by atoms with van der Waals surface area (Å²) in [5.41, 5.74) is 8.04. The Morgan fingerprint density at radius 3 is 2.22 bits per heavy atom. The maximum absolute atomic E-state index is 13.0. The van der Waals surface area contributed by atoms with Crippen molar-refractivity contribution in [2.75, 3.05) is 0 Å². The lowest BCUT2D eigenvalue weighted by atomic mass is 9.93. The number of carbonyl (C=O) groups excluding carboxylic acids is 2. The molecule has 3 aromatic rings. The molecular weight excluding hydrogens is 396 g/mol. The van der Waals surface area contributed by atoms with Gasteiger partial charge in [0.2, 0.25) is 5.91 Å². The monoisotopic (exact) mass is 428 g/mol. The van der Waals surface area contributed by atoms with E-state index in [0.29, 0.717) is 24.3 Å². The van der Waals surface area contributed by atoms with Crippen LogP contribution in [0.2, 0.25) is 0 Å². The lowest BCUT2D eigenvalue weighted by Crippen LogP contribution is -2.50. The first kappa shape index (κ1) is 23.3. The SMILES string of the molecule is CC(C)c1cccc(-c2ccccc2CCC(=O)N(NC(=O)c2ccccc2)C(C)C)c1. The van der Waals surface area contributed by atoms with Gasteiger partial charge in [0.15, 0.2) is 0 Å². The summed E-state index contributed by atoms with van der Waals surface area (Å²) in [5, 5.41) is 1.44. The number of carbonyl (C=O) groups is 2. The summed E-state index contributed by atoms with van der Waals surface area (Å²) in [6, 6.07) is 25.6. The third-order valence-corrected chi connectivity index (χ3v) is 5.53. The van der Waals surface area contributed by atoms with Gasteiger partial charge in [0.1, 0.15) is 0 Å². The Balaban J connectivity index is 1.73. The molecule has 0 heterocycles. The molecular formula is C28H32N2O2. The minimum atomic E-state index is -0.279. The Kier molecular flexibility index (Phi) is 7.82. The number of benzene rings is 3. The van der Waals surface area contributed by atoms with E-state index in [1.165, 1.54) is 10.6 Å². The van der Waals surface area contributed by atoms with Crippen molar-refractivity contribution < 1.29 is 9.59 Å². The number of aryl methyl sites for hydroxylation is 1. The van der Waals surface area contributed by atoms with Crippen LogP contribution in [0.15, 0.2) is 78.9 Å². The van der Waals surface area contributed by atoms with Crippen molar-refractivity contribution in [1.29, 1.82) is 0 Å². The van der Waals surface area contributed by atoms with E-state index < -0.39 is 0 Å². The summed E-state index contributed by atoms with van der Waals surface area (Å²) in [7, 11) is 0. The molecule has 0 saturated heterocycles. The molecule has 3 aromatic carbocycles. The molecule has 0 radical (unpaired) electrons. The van der Waals surface area contributed by atoms with E-state index in [-0.39, 0.29) is 17.9 Å². The van der Waals surface area contributed by atoms with Crippen molar-refractivity contribution in [1.82, 2.24) is 10.4 Å². The van der Waals surface area contributed by atoms with E-state index in [1.54, 1.807) is 12.1 Å². The van der Waals surface area contributed by atoms with Gasteiger partial charge < -0.3 is 0 Å². The second kappa shape index (κ2) is 10.8. The number of hydrogen-bond donors (Lipinski definition) is 1. The summed E-state index contributed by atoms with van der Waals surface area (Å²) >= 11 is 0. The van der Waals surface area contributed by atoms with E-state index >= 15 is 0 Å². The first-order valence-electron chi connectivity index (χ1n) is 11.2. The topological polar surface area (TPSA) is 49.4 Å². The Morgan fingerprint density at radius 1 is 0.844 bits per heavy atom. The minimum absolute atomic E-state index is 0.102. The molecule has 3 rings (SSSR count). The third kappa shape index (κ3) is 5.85. The number of nitrogens with zero attached hydrogens (tertiary/aromatic N) is 1. The van der Waals surface area contributed by atoms with Crippen LogP contribution in [0.4, 0.5) is 0 Å². The highest BCUT2D eigenvalue weighted by Crippen LogP contribution is 2.28. The maximum Gasteiger partial charge on any atom is 0.269 e. The summed E-state index contributed by atoms with van der Waals surface area (Å²) in [4.78, 5) is 25.6. The summed E-state index contributed by atoms with van der Waals surface area (Å²) in [6.45, 7) is 8.17. The lowest BCUT2D eigenvalue weighted by Gasteiger charge is -2.27. The van der Waals surface area contributed by atoms with Gasteiger partial charge in [-0.25, -0.2) is 0 Å². The average Bonchev–Trinajstić information content (AvgIpc) is 2.81. The van der Waals surface area contributed by atoms with Crippen LogP contribution in [0.3, 0.4) is 0 Å². The standard InChI is InChI=1S/C28H32N2O2/c1-20(2)24-14-10-15-25(19-24)26-16-9-8-11-22(26)17-18-27(31)30(21(3)4)29-28(32)23-12-6-5-7-13-23/h5-16,19-21H,17-18H2,1-4H3,(H,29,32). The molecule has 0 saturated carbocycles. The molecule has 0 aromatic heterocycles. The normalized spacial score (nSPS) is 10.9. The van der Waals surface area contributed by atoms with Gasteiger partial charge >= 0.3 is 0 Å². The summed E-state index contributed by atoms with van der Waals surface area (Å²) in [5.74, 6) is 0.0741. The van der Waals surface area contributed by atoms with Crippen LogP contribution in [0.5, 0.6) is 0 Å². The number of amides is 2. The molecule has 0 aliphatic heterocycles. The van der Waals surface area contributed by atoms with E-state index in [9.17, 15) is 9.59 Å². The van der Waals surface area contributed by atoms with Gasteiger partial charge in [0.05, 0.1) is 0 Å². The molecule has 0 aliphatic carbocycles. The fraction of sp³-hybridized carbons (Fsp3) is 0.286. The lowest BCUT2D eigenvalue weighted by molar-refractivity contribution is -0.135. The van der Waals surface area contributed by atoms with Crippen molar-refractivity contribution >= 4 is 11.8 Å². The number of rotatable bonds is 7. The van der Waals surface area contributed by atoms with Crippen LogP contribution in [0.1, 0.15) is 61.5 Å². The van der Waals surface area contributed by atoms with Crippen molar-refractivity contribution in [3.63, 3.8) is 0 Å². The Hall–Kier alpha value is -3.40. The van der Waals surface area contributed by atoms with Gasteiger partial charge in [-0.05, 0) is 60.6 Å². The zero-order chi connectivity index (χ0) is 23.1. The molecule has 0 fully saturated rings. The molecule has 0 atom stereocenters. The molecule has 4 heteroatoms. The van der Waals surface area contributed by atoms with Crippen LogP contribution in [0.25, 0.3) is 11.1 Å². The molecule has 1 N–H and O–H groups in total. The van der Waals surface area contributed by atoms with Crippen molar-refractivity contribution in [3.8, 4) is 11.1 Å².